The fourth-order valence-corrected chi connectivity index (χ4v) is 4.76. The molecule has 0 spiro atoms. The Morgan fingerprint density at radius 2 is 1.46 bits per heavy atom. The predicted octanol–water partition coefficient (Wildman–Crippen LogP) is 5.42. The third-order valence-electron chi connectivity index (χ3n) is 6.00. The van der Waals surface area contributed by atoms with E-state index >= 15 is 0 Å². The fourth-order valence-electron chi connectivity index (χ4n) is 4.76. The topological polar surface area (TPSA) is 20.2 Å². The van der Waals surface area contributed by atoms with Gasteiger partial charge in [-0.25, -0.2) is 0 Å². The quantitative estimate of drug-likeness (QED) is 0.676. The minimum absolute atomic E-state index is 0.203. The molecule has 2 aliphatic rings. The highest BCUT2D eigenvalue weighted by Crippen LogP contribution is 2.49. The van der Waals surface area contributed by atoms with Crippen molar-refractivity contribution in [2.45, 2.75) is 30.8 Å². The molecule has 0 radical (unpaired) electrons. The zero-order valence-electron chi connectivity index (χ0n) is 14.7. The number of fused-ring (bicyclic) bond motifs is 2. The van der Waals surface area contributed by atoms with E-state index in [0.29, 0.717) is 5.92 Å². The molecule has 0 aliphatic heterocycles. The van der Waals surface area contributed by atoms with Gasteiger partial charge in [0.25, 0.3) is 0 Å². The van der Waals surface area contributed by atoms with E-state index in [9.17, 15) is 5.11 Å². The van der Waals surface area contributed by atoms with Crippen molar-refractivity contribution in [3.05, 3.63) is 107 Å². The first kappa shape index (κ1) is 15.6. The maximum atomic E-state index is 10.8. The number of hydrogen-bond donors (Lipinski definition) is 1. The van der Waals surface area contributed by atoms with Crippen molar-refractivity contribution in [1.29, 1.82) is 0 Å². The van der Waals surface area contributed by atoms with E-state index in [0.717, 1.165) is 12.8 Å². The van der Waals surface area contributed by atoms with Gasteiger partial charge in [-0.2, -0.15) is 0 Å². The maximum absolute atomic E-state index is 10.8. The molecule has 3 atom stereocenters. The molecule has 0 fully saturated rings. The van der Waals surface area contributed by atoms with Gasteiger partial charge in [-0.1, -0.05) is 84.9 Å². The predicted molar refractivity (Wildman–Crippen MR) is 107 cm³/mol. The van der Waals surface area contributed by atoms with Gasteiger partial charge in [0.15, 0.2) is 0 Å². The van der Waals surface area contributed by atoms with E-state index in [1.165, 1.54) is 33.4 Å². The van der Waals surface area contributed by atoms with Crippen molar-refractivity contribution >= 4 is 11.6 Å². The largest absolute Gasteiger partial charge is 0.392 e. The van der Waals surface area contributed by atoms with Crippen molar-refractivity contribution in [2.75, 3.05) is 0 Å². The normalized spacial score (nSPS) is 23.4. The molecule has 128 valence electrons. The average Bonchev–Trinajstić information content (AvgIpc) is 3.21. The van der Waals surface area contributed by atoms with E-state index in [2.05, 4.69) is 84.9 Å². The van der Waals surface area contributed by atoms with Crippen LogP contribution in [0.4, 0.5) is 0 Å². The number of allylic oxidation sites excluding steroid dienone is 1. The van der Waals surface area contributed by atoms with Crippen molar-refractivity contribution in [2.24, 2.45) is 0 Å². The molecular weight excluding hydrogens is 316 g/mol. The number of rotatable bonds is 3. The van der Waals surface area contributed by atoms with E-state index in [1.807, 2.05) is 0 Å². The molecule has 0 aromatic heterocycles. The number of benzene rings is 3. The van der Waals surface area contributed by atoms with Crippen LogP contribution >= 0.6 is 0 Å². The summed E-state index contributed by atoms with van der Waals surface area (Å²) in [5.41, 5.74) is 8.01. The highest BCUT2D eigenvalue weighted by molar-refractivity contribution is 5.91. The molecule has 3 aromatic carbocycles. The average molecular weight is 338 g/mol. The van der Waals surface area contributed by atoms with Gasteiger partial charge < -0.3 is 5.11 Å². The second-order valence-corrected chi connectivity index (χ2v) is 7.46. The van der Waals surface area contributed by atoms with Gasteiger partial charge in [0.05, 0.1) is 6.10 Å². The van der Waals surface area contributed by atoms with Gasteiger partial charge in [-0.05, 0) is 46.2 Å². The summed E-state index contributed by atoms with van der Waals surface area (Å²) < 4.78 is 0. The van der Waals surface area contributed by atoms with Crippen molar-refractivity contribution < 1.29 is 5.11 Å². The van der Waals surface area contributed by atoms with Crippen LogP contribution in [0.25, 0.3) is 11.6 Å². The Kier molecular flexibility index (Phi) is 3.76. The summed E-state index contributed by atoms with van der Waals surface area (Å²) in [6, 6.07) is 27.9. The standard InChI is InChI=1S/C25H22O/c26-25-15-19-11-5-7-13-21(19)24(25)16-23-20-12-6-4-10-18(20)14-22(23)17-8-2-1-3-9-17/h1-14,23-26H,15-16H2. The van der Waals surface area contributed by atoms with Crippen LogP contribution in [0.1, 0.15) is 46.1 Å². The minimum atomic E-state index is -0.280. The lowest BCUT2D eigenvalue weighted by atomic mass is 9.81. The van der Waals surface area contributed by atoms with E-state index in [1.54, 1.807) is 0 Å². The third-order valence-corrected chi connectivity index (χ3v) is 6.00. The first-order chi connectivity index (χ1) is 12.8. The number of hydrogen-bond acceptors (Lipinski definition) is 1. The van der Waals surface area contributed by atoms with Gasteiger partial charge in [0.1, 0.15) is 0 Å². The molecule has 0 bridgehead atoms. The zero-order valence-corrected chi connectivity index (χ0v) is 14.7. The minimum Gasteiger partial charge on any atom is -0.392 e. The summed E-state index contributed by atoms with van der Waals surface area (Å²) in [6.45, 7) is 0. The molecule has 3 aromatic rings. The lowest BCUT2D eigenvalue weighted by Crippen LogP contribution is -2.16. The smallest absolute Gasteiger partial charge is 0.0649 e. The van der Waals surface area contributed by atoms with Crippen LogP contribution < -0.4 is 0 Å². The lowest BCUT2D eigenvalue weighted by Gasteiger charge is -2.24. The van der Waals surface area contributed by atoms with E-state index in [4.69, 9.17) is 0 Å². The summed E-state index contributed by atoms with van der Waals surface area (Å²) in [4.78, 5) is 0. The monoisotopic (exact) mass is 338 g/mol. The molecule has 1 nitrogen and oxygen atoms in total. The summed E-state index contributed by atoms with van der Waals surface area (Å²) in [6.07, 6.45) is 3.79. The maximum Gasteiger partial charge on any atom is 0.0649 e. The summed E-state index contributed by atoms with van der Waals surface area (Å²) >= 11 is 0. The summed E-state index contributed by atoms with van der Waals surface area (Å²) in [5.74, 6) is 0.536. The Bertz CT molecular complexity index is 970. The van der Waals surface area contributed by atoms with Crippen LogP contribution in [-0.4, -0.2) is 11.2 Å². The Hall–Kier alpha value is -2.64. The first-order valence-corrected chi connectivity index (χ1v) is 9.43. The van der Waals surface area contributed by atoms with Crippen molar-refractivity contribution in [3.63, 3.8) is 0 Å². The van der Waals surface area contributed by atoms with Crippen LogP contribution in [0.15, 0.2) is 78.9 Å². The zero-order chi connectivity index (χ0) is 17.5. The molecular formula is C25H22O. The van der Waals surface area contributed by atoms with Crippen LogP contribution in [0.3, 0.4) is 0 Å². The highest BCUT2D eigenvalue weighted by atomic mass is 16.3. The molecule has 0 saturated heterocycles. The third kappa shape index (κ3) is 2.51. The molecule has 1 N–H and O–H groups in total. The van der Waals surface area contributed by atoms with Crippen molar-refractivity contribution in [1.82, 2.24) is 0 Å². The van der Waals surface area contributed by atoms with Gasteiger partial charge in [-0.15, -0.1) is 0 Å². The van der Waals surface area contributed by atoms with Gasteiger partial charge in [-0.3, -0.25) is 0 Å². The Labute approximate surface area is 154 Å². The molecule has 5 rings (SSSR count). The van der Waals surface area contributed by atoms with Gasteiger partial charge >= 0.3 is 0 Å². The van der Waals surface area contributed by atoms with E-state index < -0.39 is 0 Å². The summed E-state index contributed by atoms with van der Waals surface area (Å²) in [7, 11) is 0. The Balaban J connectivity index is 1.55. The van der Waals surface area contributed by atoms with Gasteiger partial charge in [0.2, 0.25) is 0 Å². The van der Waals surface area contributed by atoms with Gasteiger partial charge in [0, 0.05) is 11.8 Å². The molecule has 0 heterocycles. The molecule has 3 unspecified atom stereocenters. The molecule has 1 heteroatoms. The van der Waals surface area contributed by atoms with Crippen LogP contribution in [0, 0.1) is 0 Å². The molecule has 0 amide bonds. The number of aliphatic hydroxyl groups is 1. The second kappa shape index (κ2) is 6.26. The van der Waals surface area contributed by atoms with E-state index in [-0.39, 0.29) is 12.0 Å². The Morgan fingerprint density at radius 3 is 2.31 bits per heavy atom. The SMILES string of the molecule is OC1Cc2ccccc2C1CC1C(c2ccccc2)=Cc2ccccc21. The molecule has 2 aliphatic carbocycles. The highest BCUT2D eigenvalue weighted by Gasteiger charge is 2.36. The van der Waals surface area contributed by atoms with Crippen LogP contribution in [0.5, 0.6) is 0 Å². The van der Waals surface area contributed by atoms with Crippen molar-refractivity contribution in [3.8, 4) is 0 Å². The molecule has 26 heavy (non-hydrogen) atoms. The fraction of sp³-hybridized carbons (Fsp3) is 0.200. The first-order valence-electron chi connectivity index (χ1n) is 9.43. The molecule has 0 saturated carbocycles. The van der Waals surface area contributed by atoms with Crippen LogP contribution in [-0.2, 0) is 6.42 Å². The lowest BCUT2D eigenvalue weighted by molar-refractivity contribution is 0.151. The number of aliphatic hydroxyl groups excluding tert-OH is 1. The Morgan fingerprint density at radius 1 is 0.769 bits per heavy atom. The van der Waals surface area contributed by atoms with Crippen LogP contribution in [0.2, 0.25) is 0 Å². The second-order valence-electron chi connectivity index (χ2n) is 7.46. The summed E-state index contributed by atoms with van der Waals surface area (Å²) in [5, 5.41) is 10.8.